The normalized spacial score (nSPS) is 11.8. The lowest BCUT2D eigenvalue weighted by molar-refractivity contribution is 0.0934. The first kappa shape index (κ1) is 17.9. The van der Waals surface area contributed by atoms with Crippen LogP contribution >= 0.6 is 0 Å². The van der Waals surface area contributed by atoms with Gasteiger partial charge in [-0.1, -0.05) is 30.3 Å². The molecule has 6 nitrogen and oxygen atoms in total. The van der Waals surface area contributed by atoms with Crippen LogP contribution in [0.3, 0.4) is 0 Å². The second-order valence-electron chi connectivity index (χ2n) is 5.56. The SMILES string of the molecule is COCCCNc1cc(C(=O)NC(C)c2ccccc2)nc(C)n1. The lowest BCUT2D eigenvalue weighted by Crippen LogP contribution is -2.28. The fraction of sp³-hybridized carbons (Fsp3) is 0.389. The molecule has 1 amide bonds. The molecule has 1 atom stereocenters. The Morgan fingerprint density at radius 1 is 1.25 bits per heavy atom. The number of hydrogen-bond acceptors (Lipinski definition) is 5. The predicted molar refractivity (Wildman–Crippen MR) is 94.1 cm³/mol. The highest BCUT2D eigenvalue weighted by Crippen LogP contribution is 2.13. The van der Waals surface area contributed by atoms with Gasteiger partial charge in [0.2, 0.25) is 0 Å². The van der Waals surface area contributed by atoms with Crippen LogP contribution in [-0.4, -0.2) is 36.1 Å². The lowest BCUT2D eigenvalue weighted by Gasteiger charge is -2.14. The van der Waals surface area contributed by atoms with Crippen LogP contribution in [0.25, 0.3) is 0 Å². The molecule has 0 fully saturated rings. The molecule has 1 aromatic carbocycles. The average Bonchev–Trinajstić information content (AvgIpc) is 2.59. The highest BCUT2D eigenvalue weighted by Gasteiger charge is 2.14. The quantitative estimate of drug-likeness (QED) is 0.729. The van der Waals surface area contributed by atoms with Crippen molar-refractivity contribution in [1.82, 2.24) is 15.3 Å². The Labute approximate surface area is 142 Å². The van der Waals surface area contributed by atoms with E-state index in [1.165, 1.54) is 0 Å². The summed E-state index contributed by atoms with van der Waals surface area (Å²) in [5, 5.41) is 6.16. The highest BCUT2D eigenvalue weighted by atomic mass is 16.5. The number of benzene rings is 1. The van der Waals surface area contributed by atoms with Gasteiger partial charge in [-0.15, -0.1) is 0 Å². The molecule has 128 valence electrons. The molecule has 2 aromatic rings. The van der Waals surface area contributed by atoms with E-state index >= 15 is 0 Å². The number of nitrogens with zero attached hydrogens (tertiary/aromatic N) is 2. The Morgan fingerprint density at radius 3 is 2.71 bits per heavy atom. The van der Waals surface area contributed by atoms with E-state index in [0.29, 0.717) is 23.9 Å². The van der Waals surface area contributed by atoms with Gasteiger partial charge in [0, 0.05) is 26.3 Å². The van der Waals surface area contributed by atoms with Crippen LogP contribution in [0.15, 0.2) is 36.4 Å². The summed E-state index contributed by atoms with van der Waals surface area (Å²) in [4.78, 5) is 21.0. The third-order valence-electron chi connectivity index (χ3n) is 3.55. The van der Waals surface area contributed by atoms with Crippen molar-refractivity contribution in [3.8, 4) is 0 Å². The molecular formula is C18H24N4O2. The Morgan fingerprint density at radius 2 is 2.00 bits per heavy atom. The molecule has 0 saturated heterocycles. The maximum atomic E-state index is 12.5. The smallest absolute Gasteiger partial charge is 0.270 e. The Hall–Kier alpha value is -2.47. The van der Waals surface area contributed by atoms with Gasteiger partial charge in [-0.05, 0) is 25.8 Å². The fourth-order valence-corrected chi connectivity index (χ4v) is 2.30. The standard InChI is InChI=1S/C18H24N4O2/c1-13(15-8-5-4-6-9-15)20-18(23)16-12-17(22-14(2)21-16)19-10-7-11-24-3/h4-6,8-9,12-13H,7,10-11H2,1-3H3,(H,20,23)(H,19,21,22). The largest absolute Gasteiger partial charge is 0.385 e. The van der Waals surface area contributed by atoms with E-state index < -0.39 is 0 Å². The zero-order chi connectivity index (χ0) is 17.4. The van der Waals surface area contributed by atoms with Crippen molar-refractivity contribution in [2.24, 2.45) is 0 Å². The van der Waals surface area contributed by atoms with Gasteiger partial charge in [-0.25, -0.2) is 9.97 Å². The predicted octanol–water partition coefficient (Wildman–Crippen LogP) is 2.72. The van der Waals surface area contributed by atoms with Crippen molar-refractivity contribution in [2.45, 2.75) is 26.3 Å². The minimum Gasteiger partial charge on any atom is -0.385 e. The van der Waals surface area contributed by atoms with E-state index in [1.54, 1.807) is 20.1 Å². The summed E-state index contributed by atoms with van der Waals surface area (Å²) >= 11 is 0. The minimum atomic E-state index is -0.211. The number of nitrogens with one attached hydrogen (secondary N) is 2. The van der Waals surface area contributed by atoms with Gasteiger partial charge in [0.15, 0.2) is 0 Å². The summed E-state index contributed by atoms with van der Waals surface area (Å²) in [5.41, 5.74) is 1.41. The number of carbonyl (C=O) groups excluding carboxylic acids is 1. The first-order chi connectivity index (χ1) is 11.6. The number of rotatable bonds is 8. The van der Waals surface area contributed by atoms with E-state index in [9.17, 15) is 4.79 Å². The van der Waals surface area contributed by atoms with Gasteiger partial charge in [0.05, 0.1) is 6.04 Å². The van der Waals surface area contributed by atoms with Crippen molar-refractivity contribution >= 4 is 11.7 Å². The van der Waals surface area contributed by atoms with E-state index in [4.69, 9.17) is 4.74 Å². The molecule has 1 heterocycles. The molecule has 24 heavy (non-hydrogen) atoms. The summed E-state index contributed by atoms with van der Waals surface area (Å²) in [6, 6.07) is 11.4. The second kappa shape index (κ2) is 8.98. The van der Waals surface area contributed by atoms with E-state index in [0.717, 1.165) is 18.5 Å². The molecule has 1 unspecified atom stereocenters. The van der Waals surface area contributed by atoms with Gasteiger partial charge in [-0.2, -0.15) is 0 Å². The number of methoxy groups -OCH3 is 1. The summed E-state index contributed by atoms with van der Waals surface area (Å²) in [5.74, 6) is 0.997. The monoisotopic (exact) mass is 328 g/mol. The molecule has 0 radical (unpaired) electrons. The molecule has 0 saturated carbocycles. The van der Waals surface area contributed by atoms with Gasteiger partial charge in [0.1, 0.15) is 17.3 Å². The molecule has 2 rings (SSSR count). The molecule has 0 bridgehead atoms. The molecule has 0 spiro atoms. The summed E-state index contributed by atoms with van der Waals surface area (Å²) in [6.07, 6.45) is 0.867. The maximum Gasteiger partial charge on any atom is 0.270 e. The van der Waals surface area contributed by atoms with E-state index in [1.807, 2.05) is 37.3 Å². The zero-order valence-corrected chi connectivity index (χ0v) is 14.4. The molecule has 0 aliphatic rings. The van der Waals surface area contributed by atoms with Crippen molar-refractivity contribution in [1.29, 1.82) is 0 Å². The lowest BCUT2D eigenvalue weighted by atomic mass is 10.1. The van der Waals surface area contributed by atoms with Crippen molar-refractivity contribution in [2.75, 3.05) is 25.6 Å². The molecule has 2 N–H and O–H groups in total. The van der Waals surface area contributed by atoms with Crippen LogP contribution in [0.4, 0.5) is 5.82 Å². The number of aryl methyl sites for hydroxylation is 1. The third-order valence-corrected chi connectivity index (χ3v) is 3.55. The molecule has 1 aromatic heterocycles. The summed E-state index contributed by atoms with van der Waals surface area (Å²) < 4.78 is 5.01. The number of hydrogen-bond donors (Lipinski definition) is 2. The fourth-order valence-electron chi connectivity index (χ4n) is 2.30. The number of anilines is 1. The van der Waals surface area contributed by atoms with Crippen LogP contribution < -0.4 is 10.6 Å². The molecular weight excluding hydrogens is 304 g/mol. The van der Waals surface area contributed by atoms with Crippen molar-refractivity contribution in [3.05, 3.63) is 53.5 Å². The summed E-state index contributed by atoms with van der Waals surface area (Å²) in [6.45, 7) is 5.13. The molecule has 0 aliphatic heterocycles. The van der Waals surface area contributed by atoms with Crippen LogP contribution in [0.5, 0.6) is 0 Å². The first-order valence-corrected chi connectivity index (χ1v) is 8.04. The van der Waals surface area contributed by atoms with Crippen LogP contribution in [0, 0.1) is 6.92 Å². The Kier molecular flexibility index (Phi) is 6.69. The van der Waals surface area contributed by atoms with Gasteiger partial charge in [0.25, 0.3) is 5.91 Å². The Bertz CT molecular complexity index is 661. The van der Waals surface area contributed by atoms with Crippen LogP contribution in [0.1, 0.15) is 41.3 Å². The van der Waals surface area contributed by atoms with Gasteiger partial charge >= 0.3 is 0 Å². The van der Waals surface area contributed by atoms with Crippen LogP contribution in [0.2, 0.25) is 0 Å². The Balaban J connectivity index is 2.02. The minimum absolute atomic E-state index is 0.0907. The first-order valence-electron chi connectivity index (χ1n) is 8.04. The molecule has 0 aliphatic carbocycles. The van der Waals surface area contributed by atoms with Crippen molar-refractivity contribution in [3.63, 3.8) is 0 Å². The average molecular weight is 328 g/mol. The number of carbonyl (C=O) groups is 1. The zero-order valence-electron chi connectivity index (χ0n) is 14.4. The number of ether oxygens (including phenoxy) is 1. The maximum absolute atomic E-state index is 12.5. The second-order valence-corrected chi connectivity index (χ2v) is 5.56. The van der Waals surface area contributed by atoms with Crippen molar-refractivity contribution < 1.29 is 9.53 Å². The topological polar surface area (TPSA) is 76.1 Å². The van der Waals surface area contributed by atoms with E-state index in [2.05, 4.69) is 20.6 Å². The number of aromatic nitrogens is 2. The van der Waals surface area contributed by atoms with Gasteiger partial charge < -0.3 is 15.4 Å². The summed E-state index contributed by atoms with van der Waals surface area (Å²) in [7, 11) is 1.67. The highest BCUT2D eigenvalue weighted by molar-refractivity contribution is 5.93. The van der Waals surface area contributed by atoms with Crippen LogP contribution in [-0.2, 0) is 4.74 Å². The third kappa shape index (κ3) is 5.31. The van der Waals surface area contributed by atoms with E-state index in [-0.39, 0.29) is 11.9 Å². The van der Waals surface area contributed by atoms with Gasteiger partial charge in [-0.3, -0.25) is 4.79 Å². The number of amides is 1. The molecule has 6 heteroatoms.